The Hall–Kier alpha value is -2.01. The molecule has 0 aliphatic heterocycles. The number of para-hydroxylation sites is 1. The van der Waals surface area contributed by atoms with Gasteiger partial charge in [-0.3, -0.25) is 4.57 Å². The molecule has 0 spiro atoms. The minimum atomic E-state index is -0.807. The van der Waals surface area contributed by atoms with Gasteiger partial charge >= 0.3 is 0 Å². The molecule has 0 bridgehead atoms. The van der Waals surface area contributed by atoms with Crippen molar-refractivity contribution in [1.82, 2.24) is 9.55 Å². The first kappa shape index (κ1) is 13.9. The SMILES string of the molecule is CC(Cl)c1nc2c(F)cc(F)cc2n1-c1ccccc1F. The largest absolute Gasteiger partial charge is 0.292 e. The van der Waals surface area contributed by atoms with Gasteiger partial charge in [0.15, 0.2) is 5.82 Å². The number of imidazole rings is 1. The van der Waals surface area contributed by atoms with Crippen LogP contribution in [0.5, 0.6) is 0 Å². The Morgan fingerprint density at radius 3 is 2.48 bits per heavy atom. The van der Waals surface area contributed by atoms with E-state index in [1.807, 2.05) is 0 Å². The molecule has 1 heterocycles. The summed E-state index contributed by atoms with van der Waals surface area (Å²) in [5.41, 5.74) is 0.245. The van der Waals surface area contributed by atoms with Gasteiger partial charge in [0.2, 0.25) is 0 Å². The van der Waals surface area contributed by atoms with Crippen molar-refractivity contribution in [3.63, 3.8) is 0 Å². The number of aromatic nitrogens is 2. The molecule has 2 nitrogen and oxygen atoms in total. The van der Waals surface area contributed by atoms with Gasteiger partial charge in [0.05, 0.1) is 16.6 Å². The van der Waals surface area contributed by atoms with Crippen LogP contribution in [-0.2, 0) is 0 Å². The number of hydrogen-bond donors (Lipinski definition) is 0. The standard InChI is InChI=1S/C15H10ClF3N2/c1-8(16)15-20-14-11(19)6-9(17)7-13(14)21(15)12-5-3-2-4-10(12)18/h2-8H,1H3. The number of nitrogens with zero attached hydrogens (tertiary/aromatic N) is 2. The first-order chi connectivity index (χ1) is 9.99. The topological polar surface area (TPSA) is 17.8 Å². The second-order valence-corrected chi connectivity index (χ2v) is 5.28. The van der Waals surface area contributed by atoms with E-state index >= 15 is 0 Å². The van der Waals surface area contributed by atoms with Crippen LogP contribution in [0.3, 0.4) is 0 Å². The number of fused-ring (bicyclic) bond motifs is 1. The van der Waals surface area contributed by atoms with E-state index in [4.69, 9.17) is 11.6 Å². The fourth-order valence-corrected chi connectivity index (χ4v) is 2.42. The van der Waals surface area contributed by atoms with E-state index in [-0.39, 0.29) is 22.5 Å². The fraction of sp³-hybridized carbons (Fsp3) is 0.133. The molecule has 3 rings (SSSR count). The predicted octanol–water partition coefficient (Wildman–Crippen LogP) is 4.74. The van der Waals surface area contributed by atoms with Gasteiger partial charge in [0.1, 0.15) is 23.0 Å². The van der Waals surface area contributed by atoms with Crippen LogP contribution in [-0.4, -0.2) is 9.55 Å². The van der Waals surface area contributed by atoms with Gasteiger partial charge in [-0.05, 0) is 19.1 Å². The zero-order valence-corrected chi connectivity index (χ0v) is 11.7. The van der Waals surface area contributed by atoms with Crippen molar-refractivity contribution in [2.24, 2.45) is 0 Å². The minimum Gasteiger partial charge on any atom is -0.292 e. The molecule has 0 radical (unpaired) electrons. The van der Waals surface area contributed by atoms with Gasteiger partial charge in [-0.1, -0.05) is 12.1 Å². The Morgan fingerprint density at radius 2 is 1.81 bits per heavy atom. The molecule has 0 saturated heterocycles. The van der Waals surface area contributed by atoms with E-state index < -0.39 is 22.8 Å². The van der Waals surface area contributed by atoms with E-state index in [1.165, 1.54) is 22.8 Å². The van der Waals surface area contributed by atoms with Gasteiger partial charge in [0.25, 0.3) is 0 Å². The molecule has 0 N–H and O–H groups in total. The highest BCUT2D eigenvalue weighted by atomic mass is 35.5. The first-order valence-corrected chi connectivity index (χ1v) is 6.69. The molecule has 0 aliphatic rings. The third kappa shape index (κ3) is 2.27. The molecule has 108 valence electrons. The molecule has 0 amide bonds. The van der Waals surface area contributed by atoms with E-state index in [0.717, 1.165) is 12.1 Å². The average Bonchev–Trinajstić information content (AvgIpc) is 2.79. The van der Waals surface area contributed by atoms with Crippen LogP contribution in [0, 0.1) is 17.5 Å². The monoisotopic (exact) mass is 310 g/mol. The van der Waals surface area contributed by atoms with Crippen molar-refractivity contribution in [2.45, 2.75) is 12.3 Å². The van der Waals surface area contributed by atoms with Crippen molar-refractivity contribution in [3.05, 3.63) is 59.7 Å². The van der Waals surface area contributed by atoms with E-state index in [1.54, 1.807) is 13.0 Å². The Kier molecular flexibility index (Phi) is 3.37. The fourth-order valence-electron chi connectivity index (χ4n) is 2.27. The van der Waals surface area contributed by atoms with Crippen LogP contribution in [0.15, 0.2) is 36.4 Å². The predicted molar refractivity (Wildman–Crippen MR) is 75.2 cm³/mol. The lowest BCUT2D eigenvalue weighted by atomic mass is 10.2. The molecule has 21 heavy (non-hydrogen) atoms. The normalized spacial score (nSPS) is 12.8. The molecule has 0 aliphatic carbocycles. The molecule has 2 aromatic carbocycles. The third-order valence-corrected chi connectivity index (χ3v) is 3.35. The molecule has 1 atom stereocenters. The minimum absolute atomic E-state index is 0.0397. The van der Waals surface area contributed by atoms with Crippen LogP contribution in [0.25, 0.3) is 16.7 Å². The van der Waals surface area contributed by atoms with Crippen LogP contribution < -0.4 is 0 Å². The second-order valence-electron chi connectivity index (χ2n) is 4.63. The number of rotatable bonds is 2. The maximum Gasteiger partial charge on any atom is 0.153 e. The van der Waals surface area contributed by atoms with Gasteiger partial charge in [0, 0.05) is 12.1 Å². The van der Waals surface area contributed by atoms with Gasteiger partial charge in [-0.2, -0.15) is 0 Å². The summed E-state index contributed by atoms with van der Waals surface area (Å²) in [5, 5.41) is -0.598. The second kappa shape index (κ2) is 5.07. The summed E-state index contributed by atoms with van der Waals surface area (Å²) in [6.45, 7) is 1.63. The molecule has 3 aromatic rings. The Balaban J connectivity index is 2.44. The van der Waals surface area contributed by atoms with Crippen LogP contribution in [0.2, 0.25) is 0 Å². The number of hydrogen-bond acceptors (Lipinski definition) is 1. The van der Waals surface area contributed by atoms with Gasteiger partial charge in [-0.15, -0.1) is 11.6 Å². The van der Waals surface area contributed by atoms with Crippen LogP contribution >= 0.6 is 11.6 Å². The molecular formula is C15H10ClF3N2. The maximum absolute atomic E-state index is 14.0. The summed E-state index contributed by atoms with van der Waals surface area (Å²) >= 11 is 6.05. The summed E-state index contributed by atoms with van der Waals surface area (Å²) in [6.07, 6.45) is 0. The lowest BCUT2D eigenvalue weighted by molar-refractivity contribution is 0.590. The van der Waals surface area contributed by atoms with E-state index in [0.29, 0.717) is 0 Å². The molecule has 0 saturated carbocycles. The van der Waals surface area contributed by atoms with Crippen LogP contribution in [0.1, 0.15) is 18.1 Å². The van der Waals surface area contributed by atoms with Gasteiger partial charge in [-0.25, -0.2) is 18.2 Å². The highest BCUT2D eigenvalue weighted by molar-refractivity contribution is 6.20. The molecule has 6 heteroatoms. The molecular weight excluding hydrogens is 301 g/mol. The van der Waals surface area contributed by atoms with Crippen molar-refractivity contribution < 1.29 is 13.2 Å². The summed E-state index contributed by atoms with van der Waals surface area (Å²) in [4.78, 5) is 4.09. The Labute approximate surface area is 123 Å². The Morgan fingerprint density at radius 1 is 1.10 bits per heavy atom. The van der Waals surface area contributed by atoms with Gasteiger partial charge < -0.3 is 0 Å². The zero-order valence-electron chi connectivity index (χ0n) is 10.9. The zero-order chi connectivity index (χ0) is 15.1. The summed E-state index contributed by atoms with van der Waals surface area (Å²) in [6, 6.07) is 7.78. The third-order valence-electron chi connectivity index (χ3n) is 3.15. The summed E-state index contributed by atoms with van der Waals surface area (Å²) in [5.74, 6) is -1.84. The van der Waals surface area contributed by atoms with Crippen molar-refractivity contribution in [3.8, 4) is 5.69 Å². The highest BCUT2D eigenvalue weighted by Crippen LogP contribution is 2.30. The van der Waals surface area contributed by atoms with Crippen molar-refractivity contribution >= 4 is 22.6 Å². The summed E-state index contributed by atoms with van der Waals surface area (Å²) in [7, 11) is 0. The van der Waals surface area contributed by atoms with Crippen molar-refractivity contribution in [2.75, 3.05) is 0 Å². The van der Waals surface area contributed by atoms with Crippen LogP contribution in [0.4, 0.5) is 13.2 Å². The maximum atomic E-state index is 14.0. The number of benzene rings is 2. The number of alkyl halides is 1. The average molecular weight is 311 g/mol. The van der Waals surface area contributed by atoms with E-state index in [9.17, 15) is 13.2 Å². The van der Waals surface area contributed by atoms with Crippen molar-refractivity contribution in [1.29, 1.82) is 0 Å². The first-order valence-electron chi connectivity index (χ1n) is 6.25. The smallest absolute Gasteiger partial charge is 0.153 e. The highest BCUT2D eigenvalue weighted by Gasteiger charge is 2.21. The lowest BCUT2D eigenvalue weighted by Crippen LogP contribution is -2.04. The molecule has 1 unspecified atom stereocenters. The van der Waals surface area contributed by atoms with E-state index in [2.05, 4.69) is 4.98 Å². The lowest BCUT2D eigenvalue weighted by Gasteiger charge is -2.11. The Bertz CT molecular complexity index is 827. The summed E-state index contributed by atoms with van der Waals surface area (Å²) < 4.78 is 42.8. The molecule has 0 fully saturated rings. The number of halogens is 4. The molecule has 1 aromatic heterocycles. The quantitative estimate of drug-likeness (QED) is 0.625.